The summed E-state index contributed by atoms with van der Waals surface area (Å²) in [7, 11) is 0. The van der Waals surface area contributed by atoms with Gasteiger partial charge in [-0.15, -0.1) is 0 Å². The number of nitrogens with zero attached hydrogens (tertiary/aromatic N) is 1. The van der Waals surface area contributed by atoms with Crippen LogP contribution in [0, 0.1) is 24.4 Å². The predicted octanol–water partition coefficient (Wildman–Crippen LogP) is 3.06. The van der Waals surface area contributed by atoms with Crippen LogP contribution in [0.4, 0.5) is 19.0 Å². The number of benzene rings is 1. The average Bonchev–Trinajstić information content (AvgIpc) is 2.25. The summed E-state index contributed by atoms with van der Waals surface area (Å²) >= 11 is 0. The largest absolute Gasteiger partial charge is 0.384 e. The number of nitrogens with two attached hydrogens (primary N) is 1. The van der Waals surface area contributed by atoms with Crippen molar-refractivity contribution in [3.8, 4) is 11.1 Å². The maximum absolute atomic E-state index is 13.1. The van der Waals surface area contributed by atoms with Gasteiger partial charge in [-0.1, -0.05) is 0 Å². The molecule has 0 saturated heterocycles. The second-order valence-corrected chi connectivity index (χ2v) is 3.68. The van der Waals surface area contributed by atoms with E-state index in [0.717, 1.165) is 12.1 Å². The summed E-state index contributed by atoms with van der Waals surface area (Å²) in [6.45, 7) is 1.73. The molecule has 2 N–H and O–H groups in total. The van der Waals surface area contributed by atoms with Gasteiger partial charge in [0, 0.05) is 11.8 Å². The summed E-state index contributed by atoms with van der Waals surface area (Å²) in [5.41, 5.74) is 6.92. The Labute approximate surface area is 95.9 Å². The quantitative estimate of drug-likeness (QED) is 0.775. The van der Waals surface area contributed by atoms with Crippen molar-refractivity contribution < 1.29 is 13.2 Å². The molecule has 88 valence electrons. The van der Waals surface area contributed by atoms with Crippen molar-refractivity contribution in [3.63, 3.8) is 0 Å². The molecular formula is C12H9F3N2. The first-order chi connectivity index (χ1) is 7.99. The van der Waals surface area contributed by atoms with Gasteiger partial charge in [-0.3, -0.25) is 0 Å². The van der Waals surface area contributed by atoms with E-state index in [9.17, 15) is 13.2 Å². The normalized spacial score (nSPS) is 10.6. The predicted molar refractivity (Wildman–Crippen MR) is 58.7 cm³/mol. The highest BCUT2D eigenvalue weighted by atomic mass is 19.2. The molecule has 0 spiro atoms. The molecule has 0 amide bonds. The first-order valence-electron chi connectivity index (χ1n) is 4.86. The molecule has 17 heavy (non-hydrogen) atoms. The topological polar surface area (TPSA) is 38.9 Å². The van der Waals surface area contributed by atoms with E-state index in [2.05, 4.69) is 4.98 Å². The summed E-state index contributed by atoms with van der Waals surface area (Å²) in [6.07, 6.45) is 1.40. The van der Waals surface area contributed by atoms with Crippen LogP contribution in [0.5, 0.6) is 0 Å². The zero-order valence-corrected chi connectivity index (χ0v) is 8.97. The molecule has 0 aliphatic rings. The zero-order chi connectivity index (χ0) is 12.6. The van der Waals surface area contributed by atoms with Crippen molar-refractivity contribution in [1.29, 1.82) is 0 Å². The fourth-order valence-electron chi connectivity index (χ4n) is 1.59. The Bertz CT molecular complexity index is 559. The Balaban J connectivity index is 2.61. The van der Waals surface area contributed by atoms with Crippen molar-refractivity contribution >= 4 is 5.82 Å². The molecule has 0 aliphatic carbocycles. The van der Waals surface area contributed by atoms with E-state index in [4.69, 9.17) is 5.73 Å². The summed E-state index contributed by atoms with van der Waals surface area (Å²) in [6, 6.07) is 3.44. The lowest BCUT2D eigenvalue weighted by molar-refractivity contribution is 0.447. The number of aromatic nitrogens is 1. The Morgan fingerprint density at radius 3 is 2.18 bits per heavy atom. The highest BCUT2D eigenvalue weighted by Crippen LogP contribution is 2.26. The third-order valence-corrected chi connectivity index (χ3v) is 2.43. The Hall–Kier alpha value is -2.04. The first kappa shape index (κ1) is 11.4. The molecule has 0 atom stereocenters. The molecule has 1 aromatic heterocycles. The van der Waals surface area contributed by atoms with Crippen LogP contribution in [0.2, 0.25) is 0 Å². The summed E-state index contributed by atoms with van der Waals surface area (Å²) in [5, 5.41) is 0. The highest BCUT2D eigenvalue weighted by Gasteiger charge is 2.13. The van der Waals surface area contributed by atoms with E-state index in [0.29, 0.717) is 16.9 Å². The van der Waals surface area contributed by atoms with E-state index < -0.39 is 17.5 Å². The van der Waals surface area contributed by atoms with Crippen LogP contribution >= 0.6 is 0 Å². The number of hydrogen-bond donors (Lipinski definition) is 1. The molecule has 0 bridgehead atoms. The number of pyridine rings is 1. The van der Waals surface area contributed by atoms with Gasteiger partial charge < -0.3 is 5.73 Å². The summed E-state index contributed by atoms with van der Waals surface area (Å²) < 4.78 is 39.0. The molecule has 0 unspecified atom stereocenters. The van der Waals surface area contributed by atoms with Crippen LogP contribution in [0.3, 0.4) is 0 Å². The number of halogens is 3. The number of nitrogen functional groups attached to an aromatic ring is 1. The Kier molecular flexibility index (Phi) is 2.75. The van der Waals surface area contributed by atoms with E-state index in [1.807, 2.05) is 0 Å². The number of anilines is 1. The number of aryl methyl sites for hydroxylation is 1. The van der Waals surface area contributed by atoms with Crippen LogP contribution in [0.25, 0.3) is 11.1 Å². The summed E-state index contributed by atoms with van der Waals surface area (Å²) in [5.74, 6) is -3.61. The van der Waals surface area contributed by atoms with Crippen molar-refractivity contribution in [2.75, 3.05) is 5.73 Å². The van der Waals surface area contributed by atoms with E-state index >= 15 is 0 Å². The second kappa shape index (κ2) is 4.08. The molecular weight excluding hydrogens is 229 g/mol. The molecule has 2 rings (SSSR count). The van der Waals surface area contributed by atoms with Crippen molar-refractivity contribution in [1.82, 2.24) is 4.98 Å². The SMILES string of the molecule is Cc1cc(N)ncc1-c1cc(F)c(F)c(F)c1. The standard InChI is InChI=1S/C12H9F3N2/c1-6-2-11(16)17-5-8(6)7-3-9(13)12(15)10(14)4-7/h2-5H,1H3,(H2,16,17). The van der Waals surface area contributed by atoms with Gasteiger partial charge in [0.25, 0.3) is 0 Å². The average molecular weight is 238 g/mol. The Morgan fingerprint density at radius 2 is 1.65 bits per heavy atom. The molecule has 0 saturated carbocycles. The number of hydrogen-bond acceptors (Lipinski definition) is 2. The molecule has 1 aromatic carbocycles. The minimum absolute atomic E-state index is 0.228. The maximum atomic E-state index is 13.1. The first-order valence-corrected chi connectivity index (χ1v) is 4.86. The van der Waals surface area contributed by atoms with Crippen LogP contribution in [0.15, 0.2) is 24.4 Å². The Morgan fingerprint density at radius 1 is 1.06 bits per heavy atom. The second-order valence-electron chi connectivity index (χ2n) is 3.68. The van der Waals surface area contributed by atoms with E-state index in [1.54, 1.807) is 13.0 Å². The van der Waals surface area contributed by atoms with Crippen LogP contribution < -0.4 is 5.73 Å². The number of rotatable bonds is 1. The lowest BCUT2D eigenvalue weighted by Gasteiger charge is -2.07. The molecule has 5 heteroatoms. The third kappa shape index (κ3) is 2.08. The molecule has 0 aliphatic heterocycles. The maximum Gasteiger partial charge on any atom is 0.194 e. The third-order valence-electron chi connectivity index (χ3n) is 2.43. The van der Waals surface area contributed by atoms with Gasteiger partial charge in [0.05, 0.1) is 0 Å². The highest BCUT2D eigenvalue weighted by molar-refractivity contribution is 5.67. The van der Waals surface area contributed by atoms with Gasteiger partial charge in [-0.2, -0.15) is 0 Å². The lowest BCUT2D eigenvalue weighted by atomic mass is 10.0. The lowest BCUT2D eigenvalue weighted by Crippen LogP contribution is -1.96. The molecule has 0 fully saturated rings. The fraction of sp³-hybridized carbons (Fsp3) is 0.0833. The van der Waals surface area contributed by atoms with Gasteiger partial charge in [0.15, 0.2) is 17.5 Å². The minimum atomic E-state index is -1.48. The monoisotopic (exact) mass is 238 g/mol. The van der Waals surface area contributed by atoms with Gasteiger partial charge in [0.1, 0.15) is 5.82 Å². The van der Waals surface area contributed by atoms with Gasteiger partial charge in [-0.25, -0.2) is 18.2 Å². The molecule has 2 aromatic rings. The van der Waals surface area contributed by atoms with Crippen LogP contribution in [-0.4, -0.2) is 4.98 Å². The van der Waals surface area contributed by atoms with Crippen molar-refractivity contribution in [2.24, 2.45) is 0 Å². The molecule has 0 radical (unpaired) electrons. The van der Waals surface area contributed by atoms with E-state index in [-0.39, 0.29) is 5.56 Å². The van der Waals surface area contributed by atoms with Crippen LogP contribution in [-0.2, 0) is 0 Å². The fourth-order valence-corrected chi connectivity index (χ4v) is 1.59. The zero-order valence-electron chi connectivity index (χ0n) is 8.97. The van der Waals surface area contributed by atoms with Crippen molar-refractivity contribution in [3.05, 3.63) is 47.4 Å². The molecule has 2 nitrogen and oxygen atoms in total. The van der Waals surface area contributed by atoms with Gasteiger partial charge >= 0.3 is 0 Å². The minimum Gasteiger partial charge on any atom is -0.384 e. The van der Waals surface area contributed by atoms with Crippen LogP contribution in [0.1, 0.15) is 5.56 Å². The van der Waals surface area contributed by atoms with Gasteiger partial charge in [-0.05, 0) is 36.2 Å². The van der Waals surface area contributed by atoms with Crippen molar-refractivity contribution in [2.45, 2.75) is 6.92 Å². The van der Waals surface area contributed by atoms with Gasteiger partial charge in [0.2, 0.25) is 0 Å². The summed E-state index contributed by atoms with van der Waals surface area (Å²) in [4.78, 5) is 3.84. The molecule has 1 heterocycles. The van der Waals surface area contributed by atoms with E-state index in [1.165, 1.54) is 6.20 Å². The smallest absolute Gasteiger partial charge is 0.194 e.